The number of methoxy groups -OCH3 is 1. The van der Waals surface area contributed by atoms with Crippen LogP contribution in [0.15, 0.2) is 12.3 Å². The van der Waals surface area contributed by atoms with Gasteiger partial charge in [-0.2, -0.15) is 0 Å². The van der Waals surface area contributed by atoms with E-state index in [-0.39, 0.29) is 24.4 Å². The third-order valence-corrected chi connectivity index (χ3v) is 3.28. The Balaban J connectivity index is 0.00000180. The van der Waals surface area contributed by atoms with Gasteiger partial charge in [0.15, 0.2) is 0 Å². The van der Waals surface area contributed by atoms with E-state index >= 15 is 0 Å². The number of carbonyl (C=O) groups is 1. The number of amides is 1. The van der Waals surface area contributed by atoms with Crippen LogP contribution in [0.5, 0.6) is 0 Å². The van der Waals surface area contributed by atoms with Gasteiger partial charge in [-0.05, 0) is 37.8 Å². The van der Waals surface area contributed by atoms with Gasteiger partial charge in [-0.3, -0.25) is 9.78 Å². The molecule has 1 aliphatic rings. The lowest BCUT2D eigenvalue weighted by molar-refractivity contribution is -0.124. The zero-order valence-corrected chi connectivity index (χ0v) is 12.0. The fraction of sp³-hybridized carbons (Fsp3) is 0.538. The van der Waals surface area contributed by atoms with Crippen LogP contribution in [0, 0.1) is 0 Å². The predicted octanol–water partition coefficient (Wildman–Crippen LogP) is 1.29. The molecule has 1 heterocycles. The molecular weight excluding hydrogens is 266 g/mol. The van der Waals surface area contributed by atoms with Crippen molar-refractivity contribution in [2.24, 2.45) is 5.73 Å². The van der Waals surface area contributed by atoms with Gasteiger partial charge in [0.1, 0.15) is 6.10 Å². The number of anilines is 1. The molecule has 1 amide bonds. The first-order valence-corrected chi connectivity index (χ1v) is 6.17. The molecule has 0 bridgehead atoms. The molecule has 0 aromatic carbocycles. The Morgan fingerprint density at radius 1 is 1.63 bits per heavy atom. The summed E-state index contributed by atoms with van der Waals surface area (Å²) in [4.78, 5) is 16.1. The molecule has 0 radical (unpaired) electrons. The Bertz CT molecular complexity index is 454. The fourth-order valence-corrected chi connectivity index (χ4v) is 2.07. The summed E-state index contributed by atoms with van der Waals surface area (Å²) >= 11 is 0. The van der Waals surface area contributed by atoms with Crippen molar-refractivity contribution in [3.8, 4) is 0 Å². The van der Waals surface area contributed by atoms with Crippen molar-refractivity contribution in [2.75, 3.05) is 12.4 Å². The highest BCUT2D eigenvalue weighted by Crippen LogP contribution is 2.21. The number of nitrogens with one attached hydrogen (secondary N) is 1. The van der Waals surface area contributed by atoms with Gasteiger partial charge in [0.2, 0.25) is 0 Å². The van der Waals surface area contributed by atoms with Crippen molar-refractivity contribution in [1.29, 1.82) is 0 Å². The number of ether oxygens (including phenoxy) is 1. The smallest absolute Gasteiger partial charge is 0.253 e. The van der Waals surface area contributed by atoms with Crippen LogP contribution in [0.2, 0.25) is 0 Å². The molecule has 3 N–H and O–H groups in total. The van der Waals surface area contributed by atoms with E-state index in [1.807, 2.05) is 6.07 Å². The molecule has 1 aromatic heterocycles. The minimum atomic E-state index is -0.469. The number of hydrogen-bond donors (Lipinski definition) is 2. The fourth-order valence-electron chi connectivity index (χ4n) is 2.07. The van der Waals surface area contributed by atoms with Gasteiger partial charge in [0.05, 0.1) is 11.9 Å². The zero-order valence-electron chi connectivity index (χ0n) is 11.2. The monoisotopic (exact) mass is 285 g/mol. The van der Waals surface area contributed by atoms with Gasteiger partial charge in [0.25, 0.3) is 5.91 Å². The maximum atomic E-state index is 11.7. The Labute approximate surface area is 119 Å². The first kappa shape index (κ1) is 15.9. The van der Waals surface area contributed by atoms with Crippen LogP contribution in [0.25, 0.3) is 0 Å². The minimum Gasteiger partial charge on any atom is -0.372 e. The molecule has 1 aromatic rings. The van der Waals surface area contributed by atoms with Gasteiger partial charge in [-0.25, -0.2) is 0 Å². The largest absolute Gasteiger partial charge is 0.372 e. The number of nitrogens with zero attached hydrogens (tertiary/aromatic N) is 1. The van der Waals surface area contributed by atoms with E-state index in [2.05, 4.69) is 10.3 Å². The number of aromatic nitrogens is 1. The van der Waals surface area contributed by atoms with Gasteiger partial charge in [-0.15, -0.1) is 12.4 Å². The number of rotatable bonds is 3. The maximum absolute atomic E-state index is 11.7. The number of hydrogen-bond acceptors (Lipinski definition) is 4. The summed E-state index contributed by atoms with van der Waals surface area (Å²) in [6.07, 6.45) is 3.94. The van der Waals surface area contributed by atoms with E-state index < -0.39 is 6.10 Å². The predicted molar refractivity (Wildman–Crippen MR) is 76.6 cm³/mol. The van der Waals surface area contributed by atoms with Crippen LogP contribution in [0.3, 0.4) is 0 Å². The second-order valence-corrected chi connectivity index (χ2v) is 4.70. The molecule has 1 aliphatic carbocycles. The highest BCUT2D eigenvalue weighted by molar-refractivity contribution is 5.93. The highest BCUT2D eigenvalue weighted by Gasteiger charge is 2.18. The van der Waals surface area contributed by atoms with Crippen LogP contribution >= 0.6 is 12.4 Å². The molecule has 0 aliphatic heterocycles. The molecule has 0 saturated heterocycles. The quantitative estimate of drug-likeness (QED) is 0.877. The van der Waals surface area contributed by atoms with E-state index in [1.54, 1.807) is 13.1 Å². The summed E-state index contributed by atoms with van der Waals surface area (Å²) in [6.45, 7) is 1.71. The van der Waals surface area contributed by atoms with Crippen LogP contribution in [-0.4, -0.2) is 30.1 Å². The molecule has 0 saturated carbocycles. The van der Waals surface area contributed by atoms with Crippen molar-refractivity contribution in [3.05, 3.63) is 23.5 Å². The second-order valence-electron chi connectivity index (χ2n) is 4.70. The normalized spacial score (nSPS) is 19.0. The summed E-state index contributed by atoms with van der Waals surface area (Å²) in [5, 5.41) is 2.79. The molecule has 106 valence electrons. The standard InChI is InChI=1S/C13H19N3O2.ClH/c1-8(18-2)13(17)16-11-6-9-5-10(14)3-4-12(9)15-7-11;/h6-8,10H,3-5,14H2,1-2H3,(H,16,17);1H. The van der Waals surface area contributed by atoms with E-state index in [0.29, 0.717) is 5.69 Å². The average molecular weight is 286 g/mol. The van der Waals surface area contributed by atoms with E-state index in [0.717, 1.165) is 30.5 Å². The Hall–Kier alpha value is -1.17. The van der Waals surface area contributed by atoms with Gasteiger partial charge < -0.3 is 15.8 Å². The summed E-state index contributed by atoms with van der Waals surface area (Å²) in [6, 6.07) is 2.16. The van der Waals surface area contributed by atoms with Crippen molar-refractivity contribution < 1.29 is 9.53 Å². The molecule has 2 rings (SSSR count). The lowest BCUT2D eigenvalue weighted by Crippen LogP contribution is -2.29. The maximum Gasteiger partial charge on any atom is 0.253 e. The van der Waals surface area contributed by atoms with Crippen LogP contribution in [0.4, 0.5) is 5.69 Å². The Kier molecular flexibility index (Phi) is 5.72. The SMILES string of the molecule is COC(C)C(=O)Nc1cnc2c(c1)CC(N)CC2.Cl. The summed E-state index contributed by atoms with van der Waals surface area (Å²) in [5.41, 5.74) is 8.87. The number of aryl methyl sites for hydroxylation is 1. The number of pyridine rings is 1. The molecule has 19 heavy (non-hydrogen) atoms. The average Bonchev–Trinajstić information content (AvgIpc) is 2.37. The topological polar surface area (TPSA) is 77.2 Å². The first-order chi connectivity index (χ1) is 8.60. The zero-order chi connectivity index (χ0) is 13.1. The molecule has 0 fully saturated rings. The van der Waals surface area contributed by atoms with E-state index in [4.69, 9.17) is 10.5 Å². The van der Waals surface area contributed by atoms with Gasteiger partial charge in [0, 0.05) is 18.8 Å². The third kappa shape index (κ3) is 3.89. The minimum absolute atomic E-state index is 0. The Morgan fingerprint density at radius 3 is 3.05 bits per heavy atom. The summed E-state index contributed by atoms with van der Waals surface area (Å²) in [5.74, 6) is -0.167. The first-order valence-electron chi connectivity index (χ1n) is 6.17. The summed E-state index contributed by atoms with van der Waals surface area (Å²) in [7, 11) is 1.51. The lowest BCUT2D eigenvalue weighted by atomic mass is 9.92. The molecule has 2 unspecified atom stereocenters. The summed E-state index contributed by atoms with van der Waals surface area (Å²) < 4.78 is 4.96. The molecular formula is C13H20ClN3O2. The van der Waals surface area contributed by atoms with Crippen molar-refractivity contribution >= 4 is 24.0 Å². The number of fused-ring (bicyclic) bond motifs is 1. The van der Waals surface area contributed by atoms with Crippen LogP contribution in [0.1, 0.15) is 24.6 Å². The highest BCUT2D eigenvalue weighted by atomic mass is 35.5. The second kappa shape index (κ2) is 6.84. The molecule has 6 heteroatoms. The Morgan fingerprint density at radius 2 is 2.37 bits per heavy atom. The molecule has 0 spiro atoms. The van der Waals surface area contributed by atoms with Gasteiger partial charge in [-0.1, -0.05) is 0 Å². The number of carbonyl (C=O) groups excluding carboxylic acids is 1. The van der Waals surface area contributed by atoms with Crippen molar-refractivity contribution in [1.82, 2.24) is 4.98 Å². The van der Waals surface area contributed by atoms with Crippen LogP contribution in [-0.2, 0) is 22.4 Å². The third-order valence-electron chi connectivity index (χ3n) is 3.28. The van der Waals surface area contributed by atoms with Gasteiger partial charge >= 0.3 is 0 Å². The number of nitrogens with two attached hydrogens (primary N) is 1. The molecule has 2 atom stereocenters. The van der Waals surface area contributed by atoms with Crippen LogP contribution < -0.4 is 11.1 Å². The van der Waals surface area contributed by atoms with Crippen molar-refractivity contribution in [2.45, 2.75) is 38.3 Å². The number of halogens is 1. The van der Waals surface area contributed by atoms with E-state index in [1.165, 1.54) is 7.11 Å². The lowest BCUT2D eigenvalue weighted by Gasteiger charge is -2.21. The van der Waals surface area contributed by atoms with Crippen molar-refractivity contribution in [3.63, 3.8) is 0 Å². The molecule has 5 nitrogen and oxygen atoms in total. The van der Waals surface area contributed by atoms with E-state index in [9.17, 15) is 4.79 Å².